The summed E-state index contributed by atoms with van der Waals surface area (Å²) in [5, 5.41) is 11.7. The van der Waals surface area contributed by atoms with Crippen molar-refractivity contribution < 1.29 is 24.2 Å². The molecule has 1 aliphatic rings. The monoisotopic (exact) mass is 322 g/mol. The van der Waals surface area contributed by atoms with Gasteiger partial charge in [0.05, 0.1) is 12.7 Å². The minimum absolute atomic E-state index is 0.0989. The molecule has 0 aliphatic carbocycles. The lowest BCUT2D eigenvalue weighted by molar-refractivity contribution is -0.141. The number of carbonyl (C=O) groups is 2. The number of hydrogen-bond acceptors (Lipinski definition) is 5. The molecule has 1 aromatic rings. The van der Waals surface area contributed by atoms with Gasteiger partial charge in [0.2, 0.25) is 0 Å². The summed E-state index contributed by atoms with van der Waals surface area (Å²) in [5.41, 5.74) is 0.840. The third-order valence-electron chi connectivity index (χ3n) is 3.64. The highest BCUT2D eigenvalue weighted by Gasteiger charge is 2.27. The predicted octanol–water partition coefficient (Wildman–Crippen LogP) is 1.09. The molecule has 2 atom stereocenters. The standard InChI is InChI=1S/C16H22N2O5/c1-18-7-8-22-13(10-18)9-14(15(19)20)17-16(21)23-11-12-5-3-2-4-6-12/h2-6,13-14H,7-11H2,1H3,(H,17,21)(H,19,20). The van der Waals surface area contributed by atoms with Crippen LogP contribution in [0.2, 0.25) is 0 Å². The molecule has 1 heterocycles. The van der Waals surface area contributed by atoms with Gasteiger partial charge in [-0.25, -0.2) is 9.59 Å². The molecule has 0 saturated carbocycles. The number of rotatable bonds is 6. The van der Waals surface area contributed by atoms with E-state index >= 15 is 0 Å². The van der Waals surface area contributed by atoms with E-state index in [1.165, 1.54) is 0 Å². The van der Waals surface area contributed by atoms with Crippen molar-refractivity contribution >= 4 is 12.1 Å². The Kier molecular flexibility index (Phi) is 6.37. The molecule has 2 rings (SSSR count). The Bertz CT molecular complexity index is 522. The number of carboxylic acid groups (broad SMARTS) is 1. The fourth-order valence-electron chi connectivity index (χ4n) is 2.40. The van der Waals surface area contributed by atoms with Crippen molar-refractivity contribution in [3.8, 4) is 0 Å². The second-order valence-electron chi connectivity index (χ2n) is 5.59. The van der Waals surface area contributed by atoms with Gasteiger partial charge in [0.25, 0.3) is 0 Å². The van der Waals surface area contributed by atoms with E-state index in [2.05, 4.69) is 10.2 Å². The zero-order chi connectivity index (χ0) is 16.7. The number of alkyl carbamates (subject to hydrolysis) is 1. The van der Waals surface area contributed by atoms with Crippen LogP contribution in [0.4, 0.5) is 4.79 Å². The normalized spacial score (nSPS) is 19.8. The molecule has 0 radical (unpaired) electrons. The van der Waals surface area contributed by atoms with E-state index in [0.717, 1.165) is 12.1 Å². The largest absolute Gasteiger partial charge is 0.480 e. The molecule has 7 heteroatoms. The lowest BCUT2D eigenvalue weighted by atomic mass is 10.1. The van der Waals surface area contributed by atoms with Gasteiger partial charge in [-0.15, -0.1) is 0 Å². The van der Waals surface area contributed by atoms with Crippen LogP contribution in [0.25, 0.3) is 0 Å². The molecule has 1 amide bonds. The fraction of sp³-hybridized carbons (Fsp3) is 0.500. The molecule has 126 valence electrons. The van der Waals surface area contributed by atoms with Crippen molar-refractivity contribution in [2.75, 3.05) is 26.7 Å². The molecule has 1 aromatic carbocycles. The molecule has 7 nitrogen and oxygen atoms in total. The Hall–Kier alpha value is -2.12. The van der Waals surface area contributed by atoms with Gasteiger partial charge < -0.3 is 24.8 Å². The Morgan fingerprint density at radius 2 is 2.17 bits per heavy atom. The molecule has 0 aromatic heterocycles. The second kappa shape index (κ2) is 8.50. The van der Waals surface area contributed by atoms with Crippen LogP contribution in [0, 0.1) is 0 Å². The van der Waals surface area contributed by atoms with Crippen molar-refractivity contribution in [3.05, 3.63) is 35.9 Å². The summed E-state index contributed by atoms with van der Waals surface area (Å²) in [7, 11) is 1.95. The van der Waals surface area contributed by atoms with Crippen molar-refractivity contribution in [1.82, 2.24) is 10.2 Å². The summed E-state index contributed by atoms with van der Waals surface area (Å²) >= 11 is 0. The molecule has 2 N–H and O–H groups in total. The van der Waals surface area contributed by atoms with E-state index in [4.69, 9.17) is 9.47 Å². The first-order valence-electron chi connectivity index (χ1n) is 7.55. The van der Waals surface area contributed by atoms with Crippen LogP contribution in [-0.4, -0.2) is 61.0 Å². The minimum Gasteiger partial charge on any atom is -0.480 e. The average molecular weight is 322 g/mol. The average Bonchev–Trinajstić information content (AvgIpc) is 2.53. The van der Waals surface area contributed by atoms with E-state index < -0.39 is 18.1 Å². The van der Waals surface area contributed by atoms with Crippen molar-refractivity contribution in [3.63, 3.8) is 0 Å². The smallest absolute Gasteiger partial charge is 0.408 e. The summed E-state index contributed by atoms with van der Waals surface area (Å²) in [6, 6.07) is 8.17. The lowest BCUT2D eigenvalue weighted by Gasteiger charge is -2.31. The van der Waals surface area contributed by atoms with Crippen molar-refractivity contribution in [2.45, 2.75) is 25.2 Å². The number of morpholine rings is 1. The molecule has 1 fully saturated rings. The Morgan fingerprint density at radius 3 is 2.83 bits per heavy atom. The second-order valence-corrected chi connectivity index (χ2v) is 5.59. The number of ether oxygens (including phenoxy) is 2. The molecule has 23 heavy (non-hydrogen) atoms. The maximum Gasteiger partial charge on any atom is 0.408 e. The fourth-order valence-corrected chi connectivity index (χ4v) is 2.40. The van der Waals surface area contributed by atoms with Crippen LogP contribution in [0.5, 0.6) is 0 Å². The lowest BCUT2D eigenvalue weighted by Crippen LogP contribution is -2.47. The Labute approximate surface area is 135 Å². The molecular weight excluding hydrogens is 300 g/mol. The van der Waals surface area contributed by atoms with Crippen LogP contribution in [0.3, 0.4) is 0 Å². The van der Waals surface area contributed by atoms with Gasteiger partial charge in [-0.3, -0.25) is 0 Å². The molecule has 1 aliphatic heterocycles. The number of benzene rings is 1. The Morgan fingerprint density at radius 1 is 1.43 bits per heavy atom. The summed E-state index contributed by atoms with van der Waals surface area (Å²) < 4.78 is 10.6. The molecule has 0 bridgehead atoms. The highest BCUT2D eigenvalue weighted by Crippen LogP contribution is 2.10. The first-order valence-corrected chi connectivity index (χ1v) is 7.55. The van der Waals surface area contributed by atoms with Crippen LogP contribution in [0.1, 0.15) is 12.0 Å². The van der Waals surface area contributed by atoms with Crippen molar-refractivity contribution in [2.24, 2.45) is 0 Å². The molecule has 0 spiro atoms. The zero-order valence-electron chi connectivity index (χ0n) is 13.1. The quantitative estimate of drug-likeness (QED) is 0.815. The Balaban J connectivity index is 1.81. The van der Waals surface area contributed by atoms with E-state index in [0.29, 0.717) is 13.2 Å². The topological polar surface area (TPSA) is 88.1 Å². The van der Waals surface area contributed by atoms with Gasteiger partial charge in [0.15, 0.2) is 0 Å². The van der Waals surface area contributed by atoms with Gasteiger partial charge in [-0.05, 0) is 12.6 Å². The van der Waals surface area contributed by atoms with Gasteiger partial charge in [-0.2, -0.15) is 0 Å². The number of amides is 1. The van der Waals surface area contributed by atoms with E-state index in [1.54, 1.807) is 0 Å². The SMILES string of the molecule is CN1CCOC(CC(NC(=O)OCc2ccccc2)C(=O)O)C1. The molecule has 2 unspecified atom stereocenters. The van der Waals surface area contributed by atoms with Gasteiger partial charge in [-0.1, -0.05) is 30.3 Å². The van der Waals surface area contributed by atoms with Crippen LogP contribution in [0.15, 0.2) is 30.3 Å². The number of hydrogen-bond donors (Lipinski definition) is 2. The zero-order valence-corrected chi connectivity index (χ0v) is 13.1. The van der Waals surface area contributed by atoms with Crippen LogP contribution >= 0.6 is 0 Å². The summed E-state index contributed by atoms with van der Waals surface area (Å²) in [6.45, 7) is 2.12. The number of carboxylic acids is 1. The number of likely N-dealkylation sites (N-methyl/N-ethyl adjacent to an activating group) is 1. The van der Waals surface area contributed by atoms with E-state index in [1.807, 2.05) is 37.4 Å². The number of nitrogens with zero attached hydrogens (tertiary/aromatic N) is 1. The first kappa shape index (κ1) is 17.2. The summed E-state index contributed by atoms with van der Waals surface area (Å²) in [5.74, 6) is -1.10. The van der Waals surface area contributed by atoms with Crippen LogP contribution < -0.4 is 5.32 Å². The molecular formula is C16H22N2O5. The minimum atomic E-state index is -1.10. The molecule has 1 saturated heterocycles. The highest BCUT2D eigenvalue weighted by atomic mass is 16.5. The number of nitrogens with one attached hydrogen (secondary N) is 1. The first-order chi connectivity index (χ1) is 11.0. The van der Waals surface area contributed by atoms with Gasteiger partial charge >= 0.3 is 12.1 Å². The maximum atomic E-state index is 11.8. The predicted molar refractivity (Wildman–Crippen MR) is 83.0 cm³/mol. The highest BCUT2D eigenvalue weighted by molar-refractivity contribution is 5.79. The van der Waals surface area contributed by atoms with Gasteiger partial charge in [0.1, 0.15) is 12.6 Å². The summed E-state index contributed by atoms with van der Waals surface area (Å²) in [4.78, 5) is 25.2. The van der Waals surface area contributed by atoms with Gasteiger partial charge in [0, 0.05) is 19.5 Å². The summed E-state index contributed by atoms with van der Waals surface area (Å²) in [6.07, 6.45) is -0.755. The van der Waals surface area contributed by atoms with E-state index in [-0.39, 0.29) is 19.1 Å². The number of aliphatic carboxylic acids is 1. The maximum absolute atomic E-state index is 11.8. The number of carbonyl (C=O) groups excluding carboxylic acids is 1. The van der Waals surface area contributed by atoms with E-state index in [9.17, 15) is 14.7 Å². The van der Waals surface area contributed by atoms with Crippen molar-refractivity contribution in [1.29, 1.82) is 0 Å². The van der Waals surface area contributed by atoms with Crippen LogP contribution in [-0.2, 0) is 20.9 Å². The third-order valence-corrected chi connectivity index (χ3v) is 3.64. The third kappa shape index (κ3) is 5.88.